The van der Waals surface area contributed by atoms with Crippen LogP contribution in [0.1, 0.15) is 5.82 Å². The number of para-hydroxylation sites is 1. The van der Waals surface area contributed by atoms with Gasteiger partial charge in [0.15, 0.2) is 0 Å². The third-order valence-corrected chi connectivity index (χ3v) is 2.75. The number of pyridine rings is 1. The van der Waals surface area contributed by atoms with E-state index in [4.69, 9.17) is 5.73 Å². The van der Waals surface area contributed by atoms with Crippen molar-refractivity contribution >= 4 is 16.6 Å². The Labute approximate surface area is 105 Å². The molecule has 0 radical (unpaired) electrons. The SMILES string of the molecule is Cc1nc(-c2cncc(N)c2)c2ccccc2n1. The highest BCUT2D eigenvalue weighted by Gasteiger charge is 2.08. The quantitative estimate of drug-likeness (QED) is 0.705. The van der Waals surface area contributed by atoms with Crippen molar-refractivity contribution in [1.82, 2.24) is 15.0 Å². The number of nitrogens with zero attached hydrogens (tertiary/aromatic N) is 3. The summed E-state index contributed by atoms with van der Waals surface area (Å²) in [6.07, 6.45) is 3.39. The van der Waals surface area contributed by atoms with Gasteiger partial charge in [0.2, 0.25) is 0 Å². The van der Waals surface area contributed by atoms with Crippen molar-refractivity contribution in [3.63, 3.8) is 0 Å². The molecule has 0 aliphatic rings. The van der Waals surface area contributed by atoms with Crippen LogP contribution >= 0.6 is 0 Å². The summed E-state index contributed by atoms with van der Waals surface area (Å²) in [5.41, 5.74) is 9.12. The first-order valence-electron chi connectivity index (χ1n) is 5.68. The van der Waals surface area contributed by atoms with Gasteiger partial charge in [0.25, 0.3) is 0 Å². The van der Waals surface area contributed by atoms with Gasteiger partial charge >= 0.3 is 0 Å². The number of nitrogens with two attached hydrogens (primary N) is 1. The molecule has 3 aromatic rings. The Balaban J connectivity index is 2.34. The maximum absolute atomic E-state index is 5.77. The van der Waals surface area contributed by atoms with Gasteiger partial charge in [-0.15, -0.1) is 0 Å². The molecule has 0 aliphatic heterocycles. The zero-order valence-electron chi connectivity index (χ0n) is 9.96. The van der Waals surface area contributed by atoms with Crippen LogP contribution in [0, 0.1) is 6.92 Å². The van der Waals surface area contributed by atoms with E-state index in [-0.39, 0.29) is 0 Å². The van der Waals surface area contributed by atoms with Crippen molar-refractivity contribution in [2.24, 2.45) is 0 Å². The van der Waals surface area contributed by atoms with Crippen LogP contribution in [0.2, 0.25) is 0 Å². The topological polar surface area (TPSA) is 64.7 Å². The lowest BCUT2D eigenvalue weighted by molar-refractivity contribution is 1.09. The molecule has 0 saturated heterocycles. The highest BCUT2D eigenvalue weighted by Crippen LogP contribution is 2.26. The van der Waals surface area contributed by atoms with E-state index in [2.05, 4.69) is 15.0 Å². The predicted octanol–water partition coefficient (Wildman–Crippen LogP) is 2.58. The molecule has 0 aliphatic carbocycles. The number of hydrogen-bond donors (Lipinski definition) is 1. The zero-order valence-corrected chi connectivity index (χ0v) is 9.96. The van der Waals surface area contributed by atoms with Crippen LogP contribution in [0.25, 0.3) is 22.2 Å². The Morgan fingerprint density at radius 1 is 1.06 bits per heavy atom. The first kappa shape index (κ1) is 10.7. The fourth-order valence-corrected chi connectivity index (χ4v) is 2.00. The van der Waals surface area contributed by atoms with E-state index < -0.39 is 0 Å². The monoisotopic (exact) mass is 236 g/mol. The van der Waals surface area contributed by atoms with Crippen molar-refractivity contribution < 1.29 is 0 Å². The number of aromatic nitrogens is 3. The Kier molecular flexibility index (Phi) is 2.41. The second-order valence-electron chi connectivity index (χ2n) is 4.14. The van der Waals surface area contributed by atoms with Gasteiger partial charge in [-0.25, -0.2) is 9.97 Å². The lowest BCUT2D eigenvalue weighted by atomic mass is 10.1. The van der Waals surface area contributed by atoms with Crippen molar-refractivity contribution in [3.05, 3.63) is 48.5 Å². The van der Waals surface area contributed by atoms with Crippen molar-refractivity contribution in [2.75, 3.05) is 5.73 Å². The van der Waals surface area contributed by atoms with Crippen molar-refractivity contribution in [3.8, 4) is 11.3 Å². The van der Waals surface area contributed by atoms with Crippen LogP contribution in [0.5, 0.6) is 0 Å². The van der Waals surface area contributed by atoms with E-state index in [1.165, 1.54) is 0 Å². The lowest BCUT2D eigenvalue weighted by Crippen LogP contribution is -1.95. The van der Waals surface area contributed by atoms with Gasteiger partial charge < -0.3 is 5.73 Å². The van der Waals surface area contributed by atoms with Crippen molar-refractivity contribution in [1.29, 1.82) is 0 Å². The van der Waals surface area contributed by atoms with Gasteiger partial charge in [-0.1, -0.05) is 18.2 Å². The highest BCUT2D eigenvalue weighted by molar-refractivity contribution is 5.92. The predicted molar refractivity (Wildman–Crippen MR) is 71.9 cm³/mol. The third-order valence-electron chi connectivity index (χ3n) is 2.75. The summed E-state index contributed by atoms with van der Waals surface area (Å²) in [5.74, 6) is 0.742. The number of fused-ring (bicyclic) bond motifs is 1. The minimum Gasteiger partial charge on any atom is -0.397 e. The highest BCUT2D eigenvalue weighted by atomic mass is 14.9. The summed E-state index contributed by atoms with van der Waals surface area (Å²) in [5, 5.41) is 1.01. The van der Waals surface area contributed by atoms with Gasteiger partial charge in [-0.05, 0) is 19.1 Å². The van der Waals surface area contributed by atoms with Gasteiger partial charge in [0.1, 0.15) is 5.82 Å². The molecule has 4 nitrogen and oxygen atoms in total. The molecule has 2 heterocycles. The van der Waals surface area contributed by atoms with Gasteiger partial charge in [-0.3, -0.25) is 4.98 Å². The van der Waals surface area contributed by atoms with Crippen LogP contribution in [0.3, 0.4) is 0 Å². The first-order chi connectivity index (χ1) is 8.74. The molecule has 0 spiro atoms. The third kappa shape index (κ3) is 1.78. The molecule has 1 aromatic carbocycles. The Morgan fingerprint density at radius 2 is 1.89 bits per heavy atom. The van der Waals surface area contributed by atoms with Crippen LogP contribution in [0.4, 0.5) is 5.69 Å². The zero-order chi connectivity index (χ0) is 12.5. The summed E-state index contributed by atoms with van der Waals surface area (Å²) in [6.45, 7) is 1.88. The van der Waals surface area contributed by atoms with E-state index in [9.17, 15) is 0 Å². The summed E-state index contributed by atoms with van der Waals surface area (Å²) in [7, 11) is 0. The standard InChI is InChI=1S/C14H12N4/c1-9-17-13-5-3-2-4-12(13)14(18-9)10-6-11(15)8-16-7-10/h2-8H,15H2,1H3. The number of benzene rings is 1. The lowest BCUT2D eigenvalue weighted by Gasteiger charge is -2.07. The van der Waals surface area contributed by atoms with Gasteiger partial charge in [-0.2, -0.15) is 0 Å². The summed E-state index contributed by atoms with van der Waals surface area (Å²) in [4.78, 5) is 13.0. The Morgan fingerprint density at radius 3 is 2.72 bits per heavy atom. The molecule has 0 fully saturated rings. The van der Waals surface area contributed by atoms with Gasteiger partial charge in [0, 0.05) is 23.3 Å². The number of rotatable bonds is 1. The molecule has 2 aromatic heterocycles. The normalized spacial score (nSPS) is 10.7. The molecule has 3 rings (SSSR count). The second-order valence-corrected chi connectivity index (χ2v) is 4.14. The summed E-state index contributed by atoms with van der Waals surface area (Å²) in [6, 6.07) is 9.81. The molecule has 4 heteroatoms. The molecule has 2 N–H and O–H groups in total. The number of anilines is 1. The molecular formula is C14H12N4. The van der Waals surface area contributed by atoms with E-state index in [1.807, 2.05) is 37.3 Å². The molecule has 0 atom stereocenters. The number of aryl methyl sites for hydroxylation is 1. The number of hydrogen-bond acceptors (Lipinski definition) is 4. The fraction of sp³-hybridized carbons (Fsp3) is 0.0714. The molecule has 0 bridgehead atoms. The first-order valence-corrected chi connectivity index (χ1v) is 5.68. The average Bonchev–Trinajstić information content (AvgIpc) is 2.37. The largest absolute Gasteiger partial charge is 0.397 e. The number of nitrogen functional groups attached to an aromatic ring is 1. The smallest absolute Gasteiger partial charge is 0.126 e. The summed E-state index contributed by atoms with van der Waals surface area (Å²) < 4.78 is 0. The molecule has 0 unspecified atom stereocenters. The summed E-state index contributed by atoms with van der Waals surface area (Å²) >= 11 is 0. The van der Waals surface area contributed by atoms with Crippen molar-refractivity contribution in [2.45, 2.75) is 6.92 Å². The molecule has 18 heavy (non-hydrogen) atoms. The van der Waals surface area contributed by atoms with E-state index in [0.29, 0.717) is 5.69 Å². The average molecular weight is 236 g/mol. The van der Waals surface area contributed by atoms with Crippen LogP contribution in [-0.4, -0.2) is 15.0 Å². The second kappa shape index (κ2) is 4.07. The maximum Gasteiger partial charge on any atom is 0.126 e. The fourth-order valence-electron chi connectivity index (χ4n) is 2.00. The Hall–Kier alpha value is -2.49. The maximum atomic E-state index is 5.77. The van der Waals surface area contributed by atoms with Crippen LogP contribution < -0.4 is 5.73 Å². The molecule has 0 saturated carbocycles. The van der Waals surface area contributed by atoms with Crippen LogP contribution in [-0.2, 0) is 0 Å². The molecule has 88 valence electrons. The Bertz CT molecular complexity index is 722. The molecular weight excluding hydrogens is 224 g/mol. The minimum absolute atomic E-state index is 0.632. The van der Waals surface area contributed by atoms with E-state index in [0.717, 1.165) is 28.0 Å². The van der Waals surface area contributed by atoms with E-state index >= 15 is 0 Å². The van der Waals surface area contributed by atoms with Gasteiger partial charge in [0.05, 0.1) is 16.9 Å². The van der Waals surface area contributed by atoms with Crippen LogP contribution in [0.15, 0.2) is 42.7 Å². The molecule has 0 amide bonds. The minimum atomic E-state index is 0.632. The van der Waals surface area contributed by atoms with E-state index in [1.54, 1.807) is 12.4 Å².